The van der Waals surface area contributed by atoms with Gasteiger partial charge in [-0.3, -0.25) is 0 Å². The first-order chi connectivity index (χ1) is 15.7. The van der Waals surface area contributed by atoms with Crippen LogP contribution in [0.2, 0.25) is 0 Å². The smallest absolute Gasteiger partial charge is 0.338 e. The third-order valence-electron chi connectivity index (χ3n) is 7.38. The molecule has 0 radical (unpaired) electrons. The summed E-state index contributed by atoms with van der Waals surface area (Å²) in [5.41, 5.74) is 4.14. The van der Waals surface area contributed by atoms with Crippen LogP contribution in [0.4, 0.5) is 0 Å². The van der Waals surface area contributed by atoms with Crippen LogP contribution in [-0.2, 0) is 22.1 Å². The normalized spacial score (nSPS) is 26.1. The minimum Gasteiger partial charge on any atom is -0.493 e. The second-order valence-corrected chi connectivity index (χ2v) is 10.6. The van der Waals surface area contributed by atoms with Gasteiger partial charge >= 0.3 is 5.97 Å². The van der Waals surface area contributed by atoms with Crippen molar-refractivity contribution in [3.05, 3.63) is 70.8 Å². The van der Waals surface area contributed by atoms with Crippen LogP contribution in [0.15, 0.2) is 48.6 Å². The third kappa shape index (κ3) is 3.72. The van der Waals surface area contributed by atoms with E-state index in [1.165, 1.54) is 16.7 Å². The standard InChI is InChI=1S/C28H33NO4/c1-27(2,3)20-9-6-18(7-10-20)26(30)32-21-12-13-28-14-15-29(4)17-19-8-11-22(31-5)25(24(19)28)33-23(28)16-21/h6-13,21,23H,14-17H2,1-5H3/t21?,23-,28-/m0/s1. The van der Waals surface area contributed by atoms with Crippen molar-refractivity contribution in [1.82, 2.24) is 4.90 Å². The quantitative estimate of drug-likeness (QED) is 0.489. The Morgan fingerprint density at radius 3 is 2.61 bits per heavy atom. The predicted octanol–water partition coefficient (Wildman–Crippen LogP) is 5.01. The van der Waals surface area contributed by atoms with E-state index in [0.29, 0.717) is 12.0 Å². The monoisotopic (exact) mass is 447 g/mol. The van der Waals surface area contributed by atoms with Crippen molar-refractivity contribution in [2.45, 2.75) is 63.2 Å². The summed E-state index contributed by atoms with van der Waals surface area (Å²) in [6.07, 6.45) is 5.48. The second kappa shape index (κ2) is 7.91. The van der Waals surface area contributed by atoms with Crippen molar-refractivity contribution < 1.29 is 19.0 Å². The van der Waals surface area contributed by atoms with Crippen molar-refractivity contribution in [2.75, 3.05) is 20.7 Å². The molecule has 0 bridgehead atoms. The van der Waals surface area contributed by atoms with Gasteiger partial charge in [0.1, 0.15) is 12.2 Å². The highest BCUT2D eigenvalue weighted by Gasteiger charge is 2.53. The first kappa shape index (κ1) is 22.0. The summed E-state index contributed by atoms with van der Waals surface area (Å²) in [7, 11) is 3.84. The third-order valence-corrected chi connectivity index (χ3v) is 7.38. The van der Waals surface area contributed by atoms with Gasteiger partial charge in [0.25, 0.3) is 0 Å². The highest BCUT2D eigenvalue weighted by atomic mass is 16.6. The summed E-state index contributed by atoms with van der Waals surface area (Å²) >= 11 is 0. The van der Waals surface area contributed by atoms with Crippen LogP contribution in [0.3, 0.4) is 0 Å². The average Bonchev–Trinajstić information content (AvgIpc) is 3.04. The van der Waals surface area contributed by atoms with Crippen molar-refractivity contribution in [2.24, 2.45) is 0 Å². The van der Waals surface area contributed by atoms with E-state index in [2.05, 4.69) is 50.9 Å². The van der Waals surface area contributed by atoms with Gasteiger partial charge in [0.15, 0.2) is 11.5 Å². The molecular weight excluding hydrogens is 414 g/mol. The van der Waals surface area contributed by atoms with Gasteiger partial charge in [-0.05, 0) is 60.8 Å². The fourth-order valence-corrected chi connectivity index (χ4v) is 5.46. The van der Waals surface area contributed by atoms with Gasteiger partial charge in [-0.2, -0.15) is 0 Å². The van der Waals surface area contributed by atoms with Crippen molar-refractivity contribution in [3.8, 4) is 11.5 Å². The Bertz CT molecular complexity index is 1100. The summed E-state index contributed by atoms with van der Waals surface area (Å²) in [6, 6.07) is 11.9. The first-order valence-corrected chi connectivity index (χ1v) is 11.8. The topological polar surface area (TPSA) is 48.0 Å². The van der Waals surface area contributed by atoms with Crippen LogP contribution in [0, 0.1) is 0 Å². The van der Waals surface area contributed by atoms with Gasteiger partial charge in [-0.1, -0.05) is 45.0 Å². The molecule has 0 saturated carbocycles. The molecule has 5 nitrogen and oxygen atoms in total. The van der Waals surface area contributed by atoms with E-state index in [1.54, 1.807) is 7.11 Å². The summed E-state index contributed by atoms with van der Waals surface area (Å²) < 4.78 is 18.1. The van der Waals surface area contributed by atoms with Gasteiger partial charge in [0.05, 0.1) is 18.1 Å². The first-order valence-electron chi connectivity index (χ1n) is 11.8. The number of benzene rings is 2. The zero-order chi connectivity index (χ0) is 23.4. The molecule has 2 heterocycles. The van der Waals surface area contributed by atoms with E-state index in [9.17, 15) is 4.79 Å². The maximum atomic E-state index is 12.9. The molecule has 2 aliphatic heterocycles. The number of esters is 1. The van der Waals surface area contributed by atoms with Crippen LogP contribution >= 0.6 is 0 Å². The van der Waals surface area contributed by atoms with Crippen LogP contribution in [-0.4, -0.2) is 43.8 Å². The number of ether oxygens (including phenoxy) is 3. The summed E-state index contributed by atoms with van der Waals surface area (Å²) in [4.78, 5) is 15.2. The second-order valence-electron chi connectivity index (χ2n) is 10.6. The zero-order valence-electron chi connectivity index (χ0n) is 20.2. The number of nitrogens with zero attached hydrogens (tertiary/aromatic N) is 1. The molecule has 1 aliphatic carbocycles. The Labute approximate surface area is 196 Å². The van der Waals surface area contributed by atoms with Crippen molar-refractivity contribution in [3.63, 3.8) is 0 Å². The molecule has 0 amide bonds. The molecule has 1 spiro atoms. The van der Waals surface area contributed by atoms with Crippen LogP contribution in [0.1, 0.15) is 60.7 Å². The molecule has 1 unspecified atom stereocenters. The lowest BCUT2D eigenvalue weighted by Crippen LogP contribution is -2.43. The van der Waals surface area contributed by atoms with Crippen LogP contribution in [0.25, 0.3) is 0 Å². The number of carbonyl (C=O) groups excluding carboxylic acids is 1. The van der Waals surface area contributed by atoms with E-state index in [1.807, 2.05) is 30.3 Å². The molecule has 3 aliphatic rings. The minimum atomic E-state index is -0.319. The van der Waals surface area contributed by atoms with E-state index in [-0.39, 0.29) is 29.0 Å². The zero-order valence-corrected chi connectivity index (χ0v) is 20.2. The maximum Gasteiger partial charge on any atom is 0.338 e. The molecular formula is C28H33NO4. The summed E-state index contributed by atoms with van der Waals surface area (Å²) in [6.45, 7) is 8.35. The van der Waals surface area contributed by atoms with E-state index >= 15 is 0 Å². The maximum absolute atomic E-state index is 12.9. The fourth-order valence-electron chi connectivity index (χ4n) is 5.46. The molecule has 2 aromatic rings. The molecule has 0 fully saturated rings. The largest absolute Gasteiger partial charge is 0.493 e. The van der Waals surface area contributed by atoms with E-state index in [0.717, 1.165) is 31.0 Å². The van der Waals surface area contributed by atoms with Crippen molar-refractivity contribution >= 4 is 5.97 Å². The molecule has 5 rings (SSSR count). The van der Waals surface area contributed by atoms with Crippen molar-refractivity contribution in [1.29, 1.82) is 0 Å². The predicted molar refractivity (Wildman–Crippen MR) is 128 cm³/mol. The van der Waals surface area contributed by atoms with Crippen LogP contribution < -0.4 is 9.47 Å². The Kier molecular flexibility index (Phi) is 5.28. The lowest BCUT2D eigenvalue weighted by Gasteiger charge is -2.36. The van der Waals surface area contributed by atoms with E-state index < -0.39 is 0 Å². The highest BCUT2D eigenvalue weighted by molar-refractivity contribution is 5.89. The molecule has 3 atom stereocenters. The minimum absolute atomic E-state index is 0.0460. The lowest BCUT2D eigenvalue weighted by molar-refractivity contribution is 0.0218. The molecule has 174 valence electrons. The van der Waals surface area contributed by atoms with Gasteiger partial charge in [0, 0.05) is 18.5 Å². The molecule has 0 saturated heterocycles. The average molecular weight is 448 g/mol. The Hall–Kier alpha value is -2.79. The number of rotatable bonds is 3. The van der Waals surface area contributed by atoms with Crippen LogP contribution in [0.5, 0.6) is 11.5 Å². The Morgan fingerprint density at radius 2 is 1.91 bits per heavy atom. The van der Waals surface area contributed by atoms with Gasteiger partial charge in [-0.15, -0.1) is 0 Å². The Balaban J connectivity index is 1.40. The number of hydrogen-bond donors (Lipinski definition) is 0. The molecule has 5 heteroatoms. The Morgan fingerprint density at radius 1 is 1.15 bits per heavy atom. The molecule has 0 N–H and O–H groups in total. The van der Waals surface area contributed by atoms with Gasteiger partial charge in [0.2, 0.25) is 0 Å². The van der Waals surface area contributed by atoms with E-state index in [4.69, 9.17) is 14.2 Å². The highest BCUT2D eigenvalue weighted by Crippen LogP contribution is 2.55. The number of methoxy groups -OCH3 is 1. The molecule has 2 aromatic carbocycles. The number of hydrogen-bond acceptors (Lipinski definition) is 5. The molecule has 33 heavy (non-hydrogen) atoms. The van der Waals surface area contributed by atoms with Gasteiger partial charge < -0.3 is 19.1 Å². The SMILES string of the molecule is COc1ccc2c3c1O[C@H]1CC(OC(=O)c4ccc(C(C)(C)C)cc4)C=C[C@@]31CCN(C)C2. The summed E-state index contributed by atoms with van der Waals surface area (Å²) in [5, 5.41) is 0. The number of carbonyl (C=O) groups is 1. The fraction of sp³-hybridized carbons (Fsp3) is 0.464. The lowest BCUT2D eigenvalue weighted by atomic mass is 9.69. The summed E-state index contributed by atoms with van der Waals surface area (Å²) in [5.74, 6) is 1.33. The molecule has 0 aromatic heterocycles. The van der Waals surface area contributed by atoms with Gasteiger partial charge in [-0.25, -0.2) is 4.79 Å².